The Hall–Kier alpha value is -3.55. The van der Waals surface area contributed by atoms with Gasteiger partial charge in [0.25, 0.3) is 5.91 Å². The zero-order chi connectivity index (χ0) is 20.8. The van der Waals surface area contributed by atoms with Crippen molar-refractivity contribution >= 4 is 17.8 Å². The third kappa shape index (κ3) is 4.84. The molecule has 1 aliphatic heterocycles. The number of urea groups is 1. The summed E-state index contributed by atoms with van der Waals surface area (Å²) < 4.78 is 10.4. The standard InChI is InChI=1S/C21H23N3O5/c1-28-17-9-8-15(10-18(17)29-2)12-22-19(25)11-16-20(26)24(21(27)23-16)13-14-6-4-3-5-7-14/h3-10,16H,11-13H2,1-2H3,(H,22,25)(H,23,27)/t16-/m1/s1. The van der Waals surface area contributed by atoms with Crippen LogP contribution in [0.2, 0.25) is 0 Å². The molecule has 8 heteroatoms. The molecule has 1 saturated heterocycles. The van der Waals surface area contributed by atoms with Gasteiger partial charge in [0.15, 0.2) is 11.5 Å². The van der Waals surface area contributed by atoms with Crippen LogP contribution in [0.5, 0.6) is 11.5 Å². The number of carbonyl (C=O) groups is 3. The topological polar surface area (TPSA) is 97.0 Å². The van der Waals surface area contributed by atoms with Crippen LogP contribution in [0, 0.1) is 0 Å². The summed E-state index contributed by atoms with van der Waals surface area (Å²) in [4.78, 5) is 38.0. The third-order valence-corrected chi connectivity index (χ3v) is 4.62. The van der Waals surface area contributed by atoms with Gasteiger partial charge < -0.3 is 20.1 Å². The van der Waals surface area contributed by atoms with Crippen LogP contribution in [0.15, 0.2) is 48.5 Å². The van der Waals surface area contributed by atoms with E-state index in [4.69, 9.17) is 9.47 Å². The summed E-state index contributed by atoms with van der Waals surface area (Å²) in [6.07, 6.45) is -0.122. The molecule has 3 rings (SSSR count). The van der Waals surface area contributed by atoms with Crippen molar-refractivity contribution in [3.05, 3.63) is 59.7 Å². The summed E-state index contributed by atoms with van der Waals surface area (Å²) in [7, 11) is 3.09. The quantitative estimate of drug-likeness (QED) is 0.663. The van der Waals surface area contributed by atoms with Gasteiger partial charge in [-0.2, -0.15) is 0 Å². The Labute approximate surface area is 168 Å². The number of carbonyl (C=O) groups excluding carboxylic acids is 3. The number of amides is 4. The lowest BCUT2D eigenvalue weighted by Crippen LogP contribution is -2.36. The van der Waals surface area contributed by atoms with E-state index >= 15 is 0 Å². The molecule has 0 bridgehead atoms. The van der Waals surface area contributed by atoms with E-state index in [2.05, 4.69) is 10.6 Å². The van der Waals surface area contributed by atoms with Gasteiger partial charge in [-0.05, 0) is 23.3 Å². The molecule has 0 saturated carbocycles. The van der Waals surface area contributed by atoms with E-state index in [1.165, 1.54) is 7.11 Å². The van der Waals surface area contributed by atoms with Gasteiger partial charge >= 0.3 is 6.03 Å². The maximum Gasteiger partial charge on any atom is 0.325 e. The van der Waals surface area contributed by atoms with Crippen LogP contribution in [0.1, 0.15) is 17.5 Å². The number of hydrogen-bond acceptors (Lipinski definition) is 5. The van der Waals surface area contributed by atoms with Crippen LogP contribution in [0.4, 0.5) is 4.79 Å². The molecule has 1 atom stereocenters. The summed E-state index contributed by atoms with van der Waals surface area (Å²) in [5.74, 6) is 0.425. The highest BCUT2D eigenvalue weighted by atomic mass is 16.5. The molecule has 0 spiro atoms. The average molecular weight is 397 g/mol. The lowest BCUT2D eigenvalue weighted by atomic mass is 10.1. The largest absolute Gasteiger partial charge is 0.493 e. The fourth-order valence-electron chi connectivity index (χ4n) is 3.08. The average Bonchev–Trinajstić information content (AvgIpc) is 3.00. The molecule has 152 valence electrons. The SMILES string of the molecule is COc1ccc(CNC(=O)C[C@H]2NC(=O)N(Cc3ccccc3)C2=O)cc1OC. The van der Waals surface area contributed by atoms with Gasteiger partial charge in [-0.1, -0.05) is 36.4 Å². The molecule has 2 aromatic carbocycles. The first-order valence-corrected chi connectivity index (χ1v) is 9.15. The highest BCUT2D eigenvalue weighted by molar-refractivity contribution is 6.05. The Kier molecular flexibility index (Phi) is 6.33. The van der Waals surface area contributed by atoms with Crippen molar-refractivity contribution in [3.63, 3.8) is 0 Å². The zero-order valence-electron chi connectivity index (χ0n) is 16.3. The van der Waals surface area contributed by atoms with E-state index in [0.717, 1.165) is 16.0 Å². The molecule has 1 aliphatic rings. The first-order chi connectivity index (χ1) is 14.0. The predicted octanol–water partition coefficient (Wildman–Crippen LogP) is 1.83. The molecule has 0 aliphatic carbocycles. The van der Waals surface area contributed by atoms with Gasteiger partial charge in [-0.3, -0.25) is 14.5 Å². The van der Waals surface area contributed by atoms with E-state index in [1.54, 1.807) is 19.2 Å². The van der Waals surface area contributed by atoms with E-state index in [0.29, 0.717) is 11.5 Å². The van der Waals surface area contributed by atoms with Crippen LogP contribution in [0.3, 0.4) is 0 Å². The molecule has 0 unspecified atom stereocenters. The molecular weight excluding hydrogens is 374 g/mol. The monoisotopic (exact) mass is 397 g/mol. The van der Waals surface area contributed by atoms with Crippen molar-refractivity contribution in [1.82, 2.24) is 15.5 Å². The Morgan fingerprint density at radius 2 is 1.76 bits per heavy atom. The number of imide groups is 1. The molecule has 29 heavy (non-hydrogen) atoms. The van der Waals surface area contributed by atoms with Crippen LogP contribution in [-0.4, -0.2) is 43.0 Å². The number of hydrogen-bond donors (Lipinski definition) is 2. The van der Waals surface area contributed by atoms with Gasteiger partial charge in [-0.25, -0.2) is 4.79 Å². The summed E-state index contributed by atoms with van der Waals surface area (Å²) >= 11 is 0. The minimum Gasteiger partial charge on any atom is -0.493 e. The number of methoxy groups -OCH3 is 2. The van der Waals surface area contributed by atoms with Crippen molar-refractivity contribution in [2.24, 2.45) is 0 Å². The molecule has 4 amide bonds. The Morgan fingerprint density at radius 1 is 1.03 bits per heavy atom. The highest BCUT2D eigenvalue weighted by Crippen LogP contribution is 2.27. The molecule has 1 heterocycles. The first kappa shape index (κ1) is 20.2. The van der Waals surface area contributed by atoms with E-state index in [1.807, 2.05) is 36.4 Å². The molecule has 2 aromatic rings. The first-order valence-electron chi connectivity index (χ1n) is 9.15. The molecule has 0 radical (unpaired) electrons. The molecule has 2 N–H and O–H groups in total. The Morgan fingerprint density at radius 3 is 2.45 bits per heavy atom. The van der Waals surface area contributed by atoms with Gasteiger partial charge in [0, 0.05) is 6.54 Å². The molecule has 8 nitrogen and oxygen atoms in total. The highest BCUT2D eigenvalue weighted by Gasteiger charge is 2.38. The summed E-state index contributed by atoms with van der Waals surface area (Å²) in [5.41, 5.74) is 1.66. The third-order valence-electron chi connectivity index (χ3n) is 4.62. The molecule has 1 fully saturated rings. The number of rotatable bonds is 8. The second-order valence-corrected chi connectivity index (χ2v) is 6.58. The second-order valence-electron chi connectivity index (χ2n) is 6.58. The van der Waals surface area contributed by atoms with Crippen molar-refractivity contribution in [2.75, 3.05) is 14.2 Å². The van der Waals surface area contributed by atoms with Crippen LogP contribution in [0.25, 0.3) is 0 Å². The Balaban J connectivity index is 1.54. The van der Waals surface area contributed by atoms with Crippen LogP contribution < -0.4 is 20.1 Å². The summed E-state index contributed by atoms with van der Waals surface area (Å²) in [6.45, 7) is 0.442. The minimum atomic E-state index is -0.864. The molecule has 0 aromatic heterocycles. The zero-order valence-corrected chi connectivity index (χ0v) is 16.3. The van der Waals surface area contributed by atoms with Crippen LogP contribution >= 0.6 is 0 Å². The number of benzene rings is 2. The number of ether oxygens (including phenoxy) is 2. The second kappa shape index (κ2) is 9.09. The van der Waals surface area contributed by atoms with Crippen molar-refractivity contribution in [1.29, 1.82) is 0 Å². The lowest BCUT2D eigenvalue weighted by Gasteiger charge is -2.13. The van der Waals surface area contributed by atoms with Gasteiger partial charge in [0.05, 0.1) is 27.2 Å². The number of nitrogens with zero attached hydrogens (tertiary/aromatic N) is 1. The van der Waals surface area contributed by atoms with Crippen LogP contribution in [-0.2, 0) is 22.7 Å². The maximum absolute atomic E-state index is 12.5. The lowest BCUT2D eigenvalue weighted by molar-refractivity contribution is -0.131. The maximum atomic E-state index is 12.5. The van der Waals surface area contributed by atoms with Gasteiger partial charge in [0.2, 0.25) is 5.91 Å². The summed E-state index contributed by atoms with van der Waals surface area (Å²) in [5, 5.41) is 5.33. The van der Waals surface area contributed by atoms with Crippen molar-refractivity contribution in [3.8, 4) is 11.5 Å². The van der Waals surface area contributed by atoms with Crippen molar-refractivity contribution in [2.45, 2.75) is 25.6 Å². The molecular formula is C21H23N3O5. The van der Waals surface area contributed by atoms with E-state index in [-0.39, 0.29) is 25.4 Å². The van der Waals surface area contributed by atoms with E-state index in [9.17, 15) is 14.4 Å². The predicted molar refractivity (Wildman–Crippen MR) is 105 cm³/mol. The van der Waals surface area contributed by atoms with Crippen molar-refractivity contribution < 1.29 is 23.9 Å². The normalized spacial score (nSPS) is 15.8. The fraction of sp³-hybridized carbons (Fsp3) is 0.286. The summed E-state index contributed by atoms with van der Waals surface area (Å²) in [6, 6.07) is 13.2. The van der Waals surface area contributed by atoms with E-state index < -0.39 is 18.0 Å². The number of nitrogens with one attached hydrogen (secondary N) is 2. The van der Waals surface area contributed by atoms with Gasteiger partial charge in [-0.15, -0.1) is 0 Å². The van der Waals surface area contributed by atoms with Gasteiger partial charge in [0.1, 0.15) is 6.04 Å². The minimum absolute atomic E-state index is 0.122. The Bertz CT molecular complexity index is 900. The smallest absolute Gasteiger partial charge is 0.325 e. The fourth-order valence-corrected chi connectivity index (χ4v) is 3.08.